The molecule has 2 aromatic heterocycles. The molecule has 2 heterocycles. The second-order valence-electron chi connectivity index (χ2n) is 6.05. The summed E-state index contributed by atoms with van der Waals surface area (Å²) in [4.78, 5) is 24.0. The number of anilines is 1. The second-order valence-corrected chi connectivity index (χ2v) is 7.98. The van der Waals surface area contributed by atoms with Crippen molar-refractivity contribution < 1.29 is 9.53 Å². The van der Waals surface area contributed by atoms with Crippen molar-refractivity contribution in [3.8, 4) is 5.75 Å². The van der Waals surface area contributed by atoms with Gasteiger partial charge in [-0.15, -0.1) is 0 Å². The van der Waals surface area contributed by atoms with Crippen LogP contribution < -0.4 is 9.64 Å². The predicted octanol–water partition coefficient (Wildman–Crippen LogP) is 5.31. The van der Waals surface area contributed by atoms with Gasteiger partial charge in [0.1, 0.15) is 5.75 Å². The highest BCUT2D eigenvalue weighted by atomic mass is 79.9. The van der Waals surface area contributed by atoms with Crippen LogP contribution in [0.2, 0.25) is 0 Å². The number of amides is 1. The Labute approximate surface area is 174 Å². The Balaban J connectivity index is 1.77. The van der Waals surface area contributed by atoms with Gasteiger partial charge in [-0.3, -0.25) is 14.7 Å². The molecule has 4 rings (SSSR count). The smallest absolute Gasteiger partial charge is 0.260 e. The molecule has 4 aromatic rings. The van der Waals surface area contributed by atoms with Gasteiger partial charge in [-0.2, -0.15) is 0 Å². The first-order chi connectivity index (χ1) is 13.6. The fourth-order valence-electron chi connectivity index (χ4n) is 2.79. The standard InChI is InChI=1S/C21H16BrN3O2S/c1-27-17-8-9-18-19(12-17)28-21(24-18)25(13-16-7-2-3-10-23-16)20(26)14-5-4-6-15(22)11-14/h2-12H,13H2,1H3. The van der Waals surface area contributed by atoms with Crippen molar-refractivity contribution in [1.29, 1.82) is 0 Å². The van der Waals surface area contributed by atoms with Crippen molar-refractivity contribution in [1.82, 2.24) is 9.97 Å². The van der Waals surface area contributed by atoms with Crippen LogP contribution in [0.15, 0.2) is 71.3 Å². The van der Waals surface area contributed by atoms with E-state index in [1.165, 1.54) is 11.3 Å². The van der Waals surface area contributed by atoms with E-state index in [1.807, 2.05) is 54.6 Å². The topological polar surface area (TPSA) is 55.3 Å². The van der Waals surface area contributed by atoms with Crippen LogP contribution in [0.1, 0.15) is 16.1 Å². The molecule has 0 aliphatic rings. The molecule has 0 aliphatic carbocycles. The molecule has 0 bridgehead atoms. The maximum Gasteiger partial charge on any atom is 0.260 e. The summed E-state index contributed by atoms with van der Waals surface area (Å²) in [7, 11) is 1.63. The second kappa shape index (κ2) is 8.08. The number of hydrogen-bond donors (Lipinski definition) is 0. The number of carbonyl (C=O) groups is 1. The van der Waals surface area contributed by atoms with Crippen LogP contribution in [0.25, 0.3) is 10.2 Å². The normalized spacial score (nSPS) is 10.8. The molecular weight excluding hydrogens is 438 g/mol. The number of aromatic nitrogens is 2. The lowest BCUT2D eigenvalue weighted by Gasteiger charge is -2.19. The molecule has 0 saturated carbocycles. The van der Waals surface area contributed by atoms with Gasteiger partial charge in [0.15, 0.2) is 5.13 Å². The molecule has 0 saturated heterocycles. The molecule has 5 nitrogen and oxygen atoms in total. The molecule has 0 radical (unpaired) electrons. The minimum atomic E-state index is -0.127. The molecule has 0 N–H and O–H groups in total. The highest BCUT2D eigenvalue weighted by Crippen LogP contribution is 2.33. The molecule has 0 spiro atoms. The predicted molar refractivity (Wildman–Crippen MR) is 115 cm³/mol. The third kappa shape index (κ3) is 3.90. The number of pyridine rings is 1. The number of halogens is 1. The highest BCUT2D eigenvalue weighted by molar-refractivity contribution is 9.10. The van der Waals surface area contributed by atoms with Crippen LogP contribution in [0, 0.1) is 0 Å². The average Bonchev–Trinajstić information content (AvgIpc) is 3.15. The number of thiazole rings is 1. The van der Waals surface area contributed by atoms with Crippen LogP contribution >= 0.6 is 27.3 Å². The molecule has 0 atom stereocenters. The van der Waals surface area contributed by atoms with E-state index in [0.717, 1.165) is 26.1 Å². The lowest BCUT2D eigenvalue weighted by molar-refractivity contribution is 0.0984. The van der Waals surface area contributed by atoms with Gasteiger partial charge < -0.3 is 4.74 Å². The minimum absolute atomic E-state index is 0.127. The third-order valence-corrected chi connectivity index (χ3v) is 5.71. The number of methoxy groups -OCH3 is 1. The zero-order valence-corrected chi connectivity index (χ0v) is 17.4. The number of nitrogens with zero attached hydrogens (tertiary/aromatic N) is 3. The van der Waals surface area contributed by atoms with Crippen molar-refractivity contribution in [3.63, 3.8) is 0 Å². The summed E-state index contributed by atoms with van der Waals surface area (Å²) in [5.74, 6) is 0.635. The van der Waals surface area contributed by atoms with E-state index in [9.17, 15) is 4.79 Å². The first kappa shape index (κ1) is 18.6. The molecular formula is C21H16BrN3O2S. The molecule has 1 amide bonds. The zero-order valence-electron chi connectivity index (χ0n) is 15.0. The minimum Gasteiger partial charge on any atom is -0.497 e. The Morgan fingerprint density at radius 3 is 2.79 bits per heavy atom. The van der Waals surface area contributed by atoms with E-state index in [2.05, 4.69) is 25.9 Å². The van der Waals surface area contributed by atoms with Gasteiger partial charge in [-0.25, -0.2) is 4.98 Å². The van der Waals surface area contributed by atoms with Gasteiger partial charge in [-0.05, 0) is 48.5 Å². The highest BCUT2D eigenvalue weighted by Gasteiger charge is 2.22. The lowest BCUT2D eigenvalue weighted by atomic mass is 10.2. The first-order valence-electron chi connectivity index (χ1n) is 8.56. The summed E-state index contributed by atoms with van der Waals surface area (Å²) in [6.07, 6.45) is 1.72. The number of benzene rings is 2. The Hall–Kier alpha value is -2.77. The van der Waals surface area contributed by atoms with E-state index in [0.29, 0.717) is 17.2 Å². The van der Waals surface area contributed by atoms with Crippen LogP contribution in [-0.2, 0) is 6.54 Å². The maximum atomic E-state index is 13.3. The summed E-state index contributed by atoms with van der Waals surface area (Å²) in [5.41, 5.74) is 2.21. The van der Waals surface area contributed by atoms with Crippen molar-refractivity contribution in [2.75, 3.05) is 12.0 Å². The number of hydrogen-bond acceptors (Lipinski definition) is 5. The van der Waals surface area contributed by atoms with Gasteiger partial charge in [0, 0.05) is 16.2 Å². The van der Waals surface area contributed by atoms with Crippen molar-refractivity contribution in [3.05, 3.63) is 82.6 Å². The van der Waals surface area contributed by atoms with Crippen LogP contribution in [0.3, 0.4) is 0 Å². The summed E-state index contributed by atoms with van der Waals surface area (Å²) in [6, 6.07) is 18.7. The van der Waals surface area contributed by atoms with Crippen LogP contribution in [0.5, 0.6) is 5.75 Å². The van der Waals surface area contributed by atoms with Crippen molar-refractivity contribution in [2.24, 2.45) is 0 Å². The van der Waals surface area contributed by atoms with Crippen LogP contribution in [0.4, 0.5) is 5.13 Å². The van der Waals surface area contributed by atoms with Gasteiger partial charge >= 0.3 is 0 Å². The Morgan fingerprint density at radius 1 is 1.14 bits per heavy atom. The van der Waals surface area contributed by atoms with Crippen molar-refractivity contribution in [2.45, 2.75) is 6.54 Å². The largest absolute Gasteiger partial charge is 0.497 e. The first-order valence-corrected chi connectivity index (χ1v) is 10.2. The summed E-state index contributed by atoms with van der Waals surface area (Å²) < 4.78 is 7.11. The lowest BCUT2D eigenvalue weighted by Crippen LogP contribution is -2.30. The van der Waals surface area contributed by atoms with E-state index < -0.39 is 0 Å². The van der Waals surface area contributed by atoms with Gasteiger partial charge in [0.2, 0.25) is 0 Å². The molecule has 0 fully saturated rings. The molecule has 7 heteroatoms. The van der Waals surface area contributed by atoms with E-state index in [1.54, 1.807) is 24.3 Å². The summed E-state index contributed by atoms with van der Waals surface area (Å²) >= 11 is 4.89. The Kier molecular flexibility index (Phi) is 5.36. The van der Waals surface area contributed by atoms with Crippen LogP contribution in [-0.4, -0.2) is 23.0 Å². The molecule has 0 unspecified atom stereocenters. The fourth-order valence-corrected chi connectivity index (χ4v) is 4.18. The number of rotatable bonds is 5. The Bertz CT molecular complexity index is 1130. The fraction of sp³-hybridized carbons (Fsp3) is 0.0952. The van der Waals surface area contributed by atoms with E-state index >= 15 is 0 Å². The number of carbonyl (C=O) groups excluding carboxylic acids is 1. The third-order valence-electron chi connectivity index (χ3n) is 4.18. The summed E-state index contributed by atoms with van der Waals surface area (Å²) in [5, 5.41) is 0.624. The number of fused-ring (bicyclic) bond motifs is 1. The number of ether oxygens (including phenoxy) is 1. The van der Waals surface area contributed by atoms with E-state index in [4.69, 9.17) is 4.74 Å². The Morgan fingerprint density at radius 2 is 2.04 bits per heavy atom. The molecule has 28 heavy (non-hydrogen) atoms. The quantitative estimate of drug-likeness (QED) is 0.410. The molecule has 2 aromatic carbocycles. The average molecular weight is 454 g/mol. The van der Waals surface area contributed by atoms with Gasteiger partial charge in [-0.1, -0.05) is 39.4 Å². The summed E-state index contributed by atoms with van der Waals surface area (Å²) in [6.45, 7) is 0.336. The maximum absolute atomic E-state index is 13.3. The van der Waals surface area contributed by atoms with E-state index in [-0.39, 0.29) is 5.91 Å². The SMILES string of the molecule is COc1ccc2nc(N(Cc3ccccn3)C(=O)c3cccc(Br)c3)sc2c1. The van der Waals surface area contributed by atoms with Gasteiger partial charge in [0.25, 0.3) is 5.91 Å². The van der Waals surface area contributed by atoms with Gasteiger partial charge in [0.05, 0.1) is 29.6 Å². The van der Waals surface area contributed by atoms with Crippen molar-refractivity contribution >= 4 is 48.5 Å². The molecule has 0 aliphatic heterocycles. The monoisotopic (exact) mass is 453 g/mol. The zero-order chi connectivity index (χ0) is 19.5. The molecule has 140 valence electrons.